The standard InChI is InChI=1S/C22H23N3O4S/c1-4-11-29-18-10-7-16(12-19(18)28-3)14-23-25-22-24-21(26)20(30-22)13-15-5-8-17(27-2)9-6-15/h4-10,12,14,20H,1,11,13H2,2-3H3,(H,24,25,26)/b23-14+. The average Bonchev–Trinajstić information content (AvgIpc) is 3.12. The topological polar surface area (TPSA) is 81.5 Å². The lowest BCUT2D eigenvalue weighted by Crippen LogP contribution is -2.25. The van der Waals surface area contributed by atoms with Crippen molar-refractivity contribution < 1.29 is 19.0 Å². The summed E-state index contributed by atoms with van der Waals surface area (Å²) in [5, 5.41) is 11.2. The molecule has 1 amide bonds. The number of rotatable bonds is 9. The van der Waals surface area contributed by atoms with Crippen molar-refractivity contribution in [1.29, 1.82) is 0 Å². The van der Waals surface area contributed by atoms with E-state index in [0.717, 1.165) is 16.9 Å². The van der Waals surface area contributed by atoms with Gasteiger partial charge < -0.3 is 19.5 Å². The van der Waals surface area contributed by atoms with Gasteiger partial charge in [-0.15, -0.1) is 5.10 Å². The second-order valence-electron chi connectivity index (χ2n) is 6.31. The van der Waals surface area contributed by atoms with Gasteiger partial charge >= 0.3 is 0 Å². The van der Waals surface area contributed by atoms with Crippen LogP contribution >= 0.6 is 11.8 Å². The number of hydrogen-bond acceptors (Lipinski definition) is 7. The van der Waals surface area contributed by atoms with Crippen molar-refractivity contribution >= 4 is 29.1 Å². The first-order valence-corrected chi connectivity index (χ1v) is 10.1. The minimum atomic E-state index is -0.242. The van der Waals surface area contributed by atoms with Crippen LogP contribution in [0.5, 0.6) is 17.2 Å². The van der Waals surface area contributed by atoms with Crippen LogP contribution in [0.4, 0.5) is 0 Å². The molecular weight excluding hydrogens is 402 g/mol. The largest absolute Gasteiger partial charge is 0.497 e. The molecule has 1 atom stereocenters. The summed E-state index contributed by atoms with van der Waals surface area (Å²) >= 11 is 1.37. The Bertz CT molecular complexity index is 957. The van der Waals surface area contributed by atoms with Gasteiger partial charge in [0.2, 0.25) is 5.91 Å². The van der Waals surface area contributed by atoms with Gasteiger partial charge in [-0.05, 0) is 47.9 Å². The lowest BCUT2D eigenvalue weighted by Gasteiger charge is -2.09. The Hall–Kier alpha value is -3.26. The number of nitrogens with zero attached hydrogens (tertiary/aromatic N) is 2. The zero-order valence-electron chi connectivity index (χ0n) is 16.8. The third-order valence-corrected chi connectivity index (χ3v) is 5.33. The van der Waals surface area contributed by atoms with Gasteiger partial charge in [0.25, 0.3) is 0 Å². The zero-order valence-corrected chi connectivity index (χ0v) is 17.6. The Morgan fingerprint density at radius 2 is 1.93 bits per heavy atom. The van der Waals surface area contributed by atoms with Crippen molar-refractivity contribution in [3.05, 3.63) is 66.2 Å². The van der Waals surface area contributed by atoms with E-state index < -0.39 is 0 Å². The lowest BCUT2D eigenvalue weighted by molar-refractivity contribution is -0.118. The molecule has 1 N–H and O–H groups in total. The smallest absolute Gasteiger partial charge is 0.239 e. The molecule has 1 fully saturated rings. The zero-order chi connectivity index (χ0) is 21.3. The van der Waals surface area contributed by atoms with Crippen LogP contribution in [0.3, 0.4) is 0 Å². The molecule has 2 aromatic carbocycles. The van der Waals surface area contributed by atoms with Crippen LogP contribution < -0.4 is 19.5 Å². The number of carbonyl (C=O) groups is 1. The van der Waals surface area contributed by atoms with Gasteiger partial charge in [-0.3, -0.25) is 4.79 Å². The first-order chi connectivity index (χ1) is 14.6. The van der Waals surface area contributed by atoms with Gasteiger partial charge in [-0.25, -0.2) is 0 Å². The predicted molar refractivity (Wildman–Crippen MR) is 120 cm³/mol. The van der Waals surface area contributed by atoms with Gasteiger partial charge in [0, 0.05) is 0 Å². The highest BCUT2D eigenvalue weighted by atomic mass is 32.2. The van der Waals surface area contributed by atoms with Crippen LogP contribution in [0.15, 0.2) is 65.3 Å². The Labute approximate surface area is 179 Å². The van der Waals surface area contributed by atoms with Crippen LogP contribution in [-0.4, -0.2) is 43.4 Å². The summed E-state index contributed by atoms with van der Waals surface area (Å²) in [6, 6.07) is 13.1. The number of hydrogen-bond donors (Lipinski definition) is 1. The summed E-state index contributed by atoms with van der Waals surface area (Å²) in [7, 11) is 3.20. The van der Waals surface area contributed by atoms with Crippen molar-refractivity contribution in [2.45, 2.75) is 11.7 Å². The number of amidine groups is 1. The van der Waals surface area contributed by atoms with Crippen LogP contribution in [0.1, 0.15) is 11.1 Å². The molecule has 8 heteroatoms. The number of nitrogens with one attached hydrogen (secondary N) is 1. The summed E-state index contributed by atoms with van der Waals surface area (Å²) in [6.07, 6.45) is 3.86. The number of carbonyl (C=O) groups excluding carboxylic acids is 1. The third kappa shape index (κ3) is 5.64. The molecule has 0 saturated carbocycles. The van der Waals surface area contributed by atoms with Gasteiger partial charge in [0.05, 0.1) is 25.7 Å². The fourth-order valence-corrected chi connectivity index (χ4v) is 3.71. The summed E-state index contributed by atoms with van der Waals surface area (Å²) in [5.74, 6) is 1.93. The monoisotopic (exact) mass is 425 g/mol. The molecule has 1 aliphatic heterocycles. The first-order valence-electron chi connectivity index (χ1n) is 9.26. The number of methoxy groups -OCH3 is 2. The van der Waals surface area contributed by atoms with E-state index in [0.29, 0.717) is 29.7 Å². The number of ether oxygens (including phenoxy) is 3. The van der Waals surface area contributed by atoms with Gasteiger partial charge in [0.15, 0.2) is 16.7 Å². The van der Waals surface area contributed by atoms with Crippen molar-refractivity contribution in [3.63, 3.8) is 0 Å². The highest BCUT2D eigenvalue weighted by Gasteiger charge is 2.30. The maximum absolute atomic E-state index is 12.2. The fraction of sp³-hybridized carbons (Fsp3) is 0.227. The molecule has 1 heterocycles. The van der Waals surface area contributed by atoms with E-state index >= 15 is 0 Å². The average molecular weight is 426 g/mol. The number of thioether (sulfide) groups is 1. The van der Waals surface area contributed by atoms with Crippen molar-refractivity contribution in [2.24, 2.45) is 10.2 Å². The van der Waals surface area contributed by atoms with E-state index in [1.165, 1.54) is 11.8 Å². The molecule has 0 aromatic heterocycles. The summed E-state index contributed by atoms with van der Waals surface area (Å²) in [6.45, 7) is 4.02. The maximum Gasteiger partial charge on any atom is 0.239 e. The van der Waals surface area contributed by atoms with E-state index in [4.69, 9.17) is 14.2 Å². The molecule has 0 aliphatic carbocycles. The summed E-state index contributed by atoms with van der Waals surface area (Å²) in [5.41, 5.74) is 1.85. The Balaban J connectivity index is 1.61. The van der Waals surface area contributed by atoms with Crippen LogP contribution in [-0.2, 0) is 11.2 Å². The molecule has 1 saturated heterocycles. The van der Waals surface area contributed by atoms with Crippen LogP contribution in [0.2, 0.25) is 0 Å². The molecule has 7 nitrogen and oxygen atoms in total. The molecule has 0 spiro atoms. The van der Waals surface area contributed by atoms with Gasteiger partial charge in [-0.1, -0.05) is 36.5 Å². The van der Waals surface area contributed by atoms with Crippen molar-refractivity contribution in [2.75, 3.05) is 20.8 Å². The van der Waals surface area contributed by atoms with Crippen molar-refractivity contribution in [1.82, 2.24) is 5.32 Å². The minimum absolute atomic E-state index is 0.0739. The third-order valence-electron chi connectivity index (χ3n) is 4.26. The number of benzene rings is 2. The second-order valence-corrected chi connectivity index (χ2v) is 7.50. The number of amides is 1. The highest BCUT2D eigenvalue weighted by Crippen LogP contribution is 2.28. The molecule has 156 valence electrons. The molecule has 0 radical (unpaired) electrons. The van der Waals surface area contributed by atoms with E-state index in [1.54, 1.807) is 38.6 Å². The van der Waals surface area contributed by atoms with Gasteiger partial charge in [-0.2, -0.15) is 5.10 Å². The Kier molecular flexibility index (Phi) is 7.51. The minimum Gasteiger partial charge on any atom is -0.497 e. The van der Waals surface area contributed by atoms with E-state index in [-0.39, 0.29) is 11.2 Å². The van der Waals surface area contributed by atoms with Crippen LogP contribution in [0.25, 0.3) is 0 Å². The normalized spacial score (nSPS) is 17.2. The Morgan fingerprint density at radius 3 is 2.63 bits per heavy atom. The summed E-state index contributed by atoms with van der Waals surface area (Å²) < 4.78 is 16.0. The molecule has 1 aliphatic rings. The first kappa shape index (κ1) is 21.4. The fourth-order valence-electron chi connectivity index (χ4n) is 2.74. The van der Waals surface area contributed by atoms with Crippen LogP contribution in [0, 0.1) is 0 Å². The molecular formula is C22H23N3O4S. The SMILES string of the molecule is C=CCOc1ccc(/C=N/N=C2\NC(=O)C(Cc3ccc(OC)cc3)S2)cc1OC. The maximum atomic E-state index is 12.2. The molecule has 0 bridgehead atoms. The quantitative estimate of drug-likeness (QED) is 0.378. The molecule has 30 heavy (non-hydrogen) atoms. The molecule has 3 rings (SSSR count). The molecule has 1 unspecified atom stereocenters. The van der Waals surface area contributed by atoms with Crippen molar-refractivity contribution in [3.8, 4) is 17.2 Å². The second kappa shape index (κ2) is 10.5. The van der Waals surface area contributed by atoms with E-state index in [2.05, 4.69) is 22.1 Å². The van der Waals surface area contributed by atoms with E-state index in [9.17, 15) is 4.79 Å². The molecule has 2 aromatic rings. The lowest BCUT2D eigenvalue weighted by atomic mass is 10.1. The summed E-state index contributed by atoms with van der Waals surface area (Å²) in [4.78, 5) is 12.2. The van der Waals surface area contributed by atoms with E-state index in [1.807, 2.05) is 30.3 Å². The van der Waals surface area contributed by atoms with Gasteiger partial charge in [0.1, 0.15) is 12.4 Å². The Morgan fingerprint density at radius 1 is 1.13 bits per heavy atom. The highest BCUT2D eigenvalue weighted by molar-refractivity contribution is 8.15. The predicted octanol–water partition coefficient (Wildman–Crippen LogP) is 3.43.